The third kappa shape index (κ3) is 4.28. The van der Waals surface area contributed by atoms with E-state index < -0.39 is 18.3 Å². The molecule has 0 spiro atoms. The van der Waals surface area contributed by atoms with Crippen LogP contribution in [0.2, 0.25) is 0 Å². The first-order valence-electron chi connectivity index (χ1n) is 10.4. The second-order valence-corrected chi connectivity index (χ2v) is 7.37. The quantitative estimate of drug-likeness (QED) is 0.415. The normalized spacial score (nSPS) is 14.0. The molecule has 2 N–H and O–H groups in total. The number of hydrogen-bond acceptors (Lipinski definition) is 9. The van der Waals surface area contributed by atoms with Crippen molar-refractivity contribution < 1.29 is 28.2 Å². The minimum atomic E-state index is -3.00. The Morgan fingerprint density at radius 1 is 1.14 bits per heavy atom. The highest BCUT2D eigenvalue weighted by molar-refractivity contribution is 5.92. The number of halogens is 2. The summed E-state index contributed by atoms with van der Waals surface area (Å²) in [6.45, 7) is 1.90. The van der Waals surface area contributed by atoms with Gasteiger partial charge in [0.2, 0.25) is 11.9 Å². The van der Waals surface area contributed by atoms with E-state index in [9.17, 15) is 13.6 Å². The van der Waals surface area contributed by atoms with Gasteiger partial charge in [-0.3, -0.25) is 9.88 Å². The molecular formula is C20H19F2N9O4. The molecule has 0 unspecified atom stereocenters. The van der Waals surface area contributed by atoms with Crippen LogP contribution in [0.1, 0.15) is 12.2 Å². The van der Waals surface area contributed by atoms with Crippen LogP contribution < -0.4 is 15.0 Å². The molecule has 0 aliphatic carbocycles. The lowest BCUT2D eigenvalue weighted by atomic mass is 10.2. The molecule has 4 aromatic rings. The Balaban J connectivity index is 1.77. The van der Waals surface area contributed by atoms with Crippen LogP contribution in [0.5, 0.6) is 5.75 Å². The smallest absolute Gasteiger partial charge is 0.409 e. The van der Waals surface area contributed by atoms with Gasteiger partial charge < -0.3 is 19.5 Å². The van der Waals surface area contributed by atoms with Crippen LogP contribution >= 0.6 is 0 Å². The first kappa shape index (κ1) is 22.4. The number of morpholine rings is 1. The molecule has 182 valence electrons. The van der Waals surface area contributed by atoms with Gasteiger partial charge in [0.25, 0.3) is 12.4 Å². The van der Waals surface area contributed by atoms with E-state index >= 15 is 0 Å². The van der Waals surface area contributed by atoms with E-state index in [2.05, 4.69) is 30.4 Å². The largest absolute Gasteiger partial charge is 0.494 e. The molecule has 13 nitrogen and oxygen atoms in total. The second-order valence-electron chi connectivity index (χ2n) is 7.37. The Bertz CT molecular complexity index is 1370. The van der Waals surface area contributed by atoms with E-state index in [1.165, 1.54) is 30.1 Å². The van der Waals surface area contributed by atoms with E-state index in [1.54, 1.807) is 12.3 Å². The second kappa shape index (κ2) is 9.09. The van der Waals surface area contributed by atoms with Gasteiger partial charge in [0.1, 0.15) is 11.3 Å². The molecule has 1 amide bonds. The summed E-state index contributed by atoms with van der Waals surface area (Å²) >= 11 is 0. The van der Waals surface area contributed by atoms with Crippen LogP contribution in [0.25, 0.3) is 22.9 Å². The number of fused-ring (bicyclic) bond motifs is 1. The highest BCUT2D eigenvalue weighted by atomic mass is 19.3. The van der Waals surface area contributed by atoms with Crippen molar-refractivity contribution in [3.63, 3.8) is 0 Å². The Kier molecular flexibility index (Phi) is 5.82. The van der Waals surface area contributed by atoms with Gasteiger partial charge in [0, 0.05) is 37.2 Å². The Morgan fingerprint density at radius 3 is 2.54 bits per heavy atom. The number of alkyl halides is 2. The van der Waals surface area contributed by atoms with Crippen LogP contribution in [0.4, 0.5) is 25.2 Å². The third-order valence-electron chi connectivity index (χ3n) is 5.22. The van der Waals surface area contributed by atoms with Crippen LogP contribution in [-0.4, -0.2) is 78.9 Å². The molecular weight excluding hydrogens is 468 g/mol. The molecule has 3 aromatic heterocycles. The molecule has 1 aliphatic heterocycles. The summed E-state index contributed by atoms with van der Waals surface area (Å²) in [6, 6.07) is 4.38. The van der Waals surface area contributed by atoms with Crippen LogP contribution in [0.15, 0.2) is 30.6 Å². The van der Waals surface area contributed by atoms with Gasteiger partial charge in [-0.05, 0) is 12.1 Å². The summed E-state index contributed by atoms with van der Waals surface area (Å²) in [4.78, 5) is 30.5. The number of nitrogens with one attached hydrogen (secondary N) is 1. The van der Waals surface area contributed by atoms with Crippen molar-refractivity contribution in [2.45, 2.75) is 6.43 Å². The molecule has 1 saturated heterocycles. The molecule has 0 bridgehead atoms. The zero-order valence-corrected chi connectivity index (χ0v) is 18.3. The molecule has 35 heavy (non-hydrogen) atoms. The summed E-state index contributed by atoms with van der Waals surface area (Å²) in [7, 11) is 1.33. The molecule has 15 heteroatoms. The number of rotatable bonds is 6. The van der Waals surface area contributed by atoms with Gasteiger partial charge in [0.05, 0.1) is 25.8 Å². The first-order chi connectivity index (χ1) is 16.9. The van der Waals surface area contributed by atoms with Crippen LogP contribution in [0.3, 0.4) is 0 Å². The summed E-state index contributed by atoms with van der Waals surface area (Å²) in [5.41, 5.74) is 0.306. The van der Waals surface area contributed by atoms with Crippen molar-refractivity contribution in [3.05, 3.63) is 36.4 Å². The number of imidazole rings is 1. The number of aromatic nitrogens is 7. The number of ether oxygens (including phenoxy) is 2. The fraction of sp³-hybridized carbons (Fsp3) is 0.300. The Labute approximate surface area is 196 Å². The maximum atomic E-state index is 14.2. The number of amides is 1. The predicted molar refractivity (Wildman–Crippen MR) is 118 cm³/mol. The maximum Gasteiger partial charge on any atom is 0.409 e. The topological polar surface area (TPSA) is 145 Å². The van der Waals surface area contributed by atoms with Gasteiger partial charge >= 0.3 is 6.09 Å². The van der Waals surface area contributed by atoms with E-state index in [0.717, 1.165) is 4.57 Å². The highest BCUT2D eigenvalue weighted by Crippen LogP contribution is 2.35. The lowest BCUT2D eigenvalue weighted by molar-refractivity contribution is 0.122. The fourth-order valence-electron chi connectivity index (χ4n) is 3.71. The first-order valence-corrected chi connectivity index (χ1v) is 10.4. The number of hydrogen-bond donors (Lipinski definition) is 2. The molecule has 1 aliphatic rings. The van der Waals surface area contributed by atoms with Gasteiger partial charge in [0.15, 0.2) is 5.82 Å². The standard InChI is InChI=1S/C20H19F2N9O4/c1-34-13-10-11(24-20(32)33)9-12-14(13)25-16(15(21)22)31(12)19-27-17(29-5-7-35-8-6-29)26-18(28-19)30-4-2-3-23-30/h2-4,9-10,15,24H,5-8H2,1H3,(H,32,33). The van der Waals surface area contributed by atoms with Crippen molar-refractivity contribution in [2.24, 2.45) is 0 Å². The van der Waals surface area contributed by atoms with Crippen molar-refractivity contribution in [2.75, 3.05) is 43.6 Å². The van der Waals surface area contributed by atoms with Gasteiger partial charge in [-0.15, -0.1) is 0 Å². The van der Waals surface area contributed by atoms with Gasteiger partial charge in [-0.1, -0.05) is 0 Å². The zero-order chi connectivity index (χ0) is 24.5. The van der Waals surface area contributed by atoms with E-state index in [0.29, 0.717) is 26.3 Å². The molecule has 5 rings (SSSR count). The lowest BCUT2D eigenvalue weighted by Crippen LogP contribution is -2.37. The highest BCUT2D eigenvalue weighted by Gasteiger charge is 2.27. The molecule has 0 atom stereocenters. The minimum Gasteiger partial charge on any atom is -0.494 e. The number of nitrogens with zero attached hydrogens (tertiary/aromatic N) is 8. The lowest BCUT2D eigenvalue weighted by Gasteiger charge is -2.27. The average Bonchev–Trinajstić information content (AvgIpc) is 3.52. The molecule has 0 saturated carbocycles. The van der Waals surface area contributed by atoms with Crippen LogP contribution in [0, 0.1) is 0 Å². The van der Waals surface area contributed by atoms with Crippen molar-refractivity contribution in [3.8, 4) is 17.6 Å². The predicted octanol–water partition coefficient (Wildman–Crippen LogP) is 2.27. The number of carbonyl (C=O) groups is 1. The van der Waals surface area contributed by atoms with Crippen molar-refractivity contribution in [1.29, 1.82) is 0 Å². The zero-order valence-electron chi connectivity index (χ0n) is 18.3. The summed E-state index contributed by atoms with van der Waals surface area (Å²) < 4.78 is 41.5. The number of anilines is 2. The molecule has 4 heterocycles. The van der Waals surface area contributed by atoms with Crippen molar-refractivity contribution >= 4 is 28.8 Å². The monoisotopic (exact) mass is 487 g/mol. The maximum absolute atomic E-state index is 14.2. The molecule has 0 radical (unpaired) electrons. The molecule has 1 aromatic carbocycles. The molecule has 1 fully saturated rings. The Morgan fingerprint density at radius 2 is 1.89 bits per heavy atom. The number of methoxy groups -OCH3 is 1. The van der Waals surface area contributed by atoms with Gasteiger partial charge in [-0.25, -0.2) is 23.2 Å². The Hall–Kier alpha value is -4.40. The van der Waals surface area contributed by atoms with Gasteiger partial charge in [-0.2, -0.15) is 20.1 Å². The summed E-state index contributed by atoms with van der Waals surface area (Å²) in [6.07, 6.45) is -1.19. The van der Waals surface area contributed by atoms with Crippen molar-refractivity contribution in [1.82, 2.24) is 34.3 Å². The SMILES string of the molecule is COc1cc(NC(=O)O)cc2c1nc(C(F)F)n2-c1nc(N2CCOCC2)nc(-n2cccn2)n1. The number of carboxylic acid groups (broad SMARTS) is 1. The number of benzene rings is 1. The fourth-order valence-corrected chi connectivity index (χ4v) is 3.71. The van der Waals surface area contributed by atoms with E-state index in [-0.39, 0.29) is 40.3 Å². The van der Waals surface area contributed by atoms with E-state index in [4.69, 9.17) is 14.6 Å². The third-order valence-corrected chi connectivity index (χ3v) is 5.22. The van der Waals surface area contributed by atoms with Crippen LogP contribution in [-0.2, 0) is 4.74 Å². The minimum absolute atomic E-state index is 0.0905. The average molecular weight is 487 g/mol. The summed E-state index contributed by atoms with van der Waals surface area (Å²) in [5, 5.41) is 15.5. The summed E-state index contributed by atoms with van der Waals surface area (Å²) in [5.74, 6) is -0.328. The van der Waals surface area contributed by atoms with E-state index in [1.807, 2.05) is 4.90 Å².